The molecule has 0 aliphatic carbocycles. The first kappa shape index (κ1) is 22.0. The Bertz CT molecular complexity index is 1230. The number of halogens is 1. The van der Waals surface area contributed by atoms with Crippen molar-refractivity contribution < 1.29 is 18.7 Å². The minimum absolute atomic E-state index is 0.0302. The number of para-hydroxylation sites is 2. The molecule has 3 aromatic rings. The van der Waals surface area contributed by atoms with E-state index in [2.05, 4.69) is 10.4 Å². The summed E-state index contributed by atoms with van der Waals surface area (Å²) >= 11 is 6.04. The second kappa shape index (κ2) is 9.23. The molecule has 0 bridgehead atoms. The van der Waals surface area contributed by atoms with Gasteiger partial charge in [0.15, 0.2) is 6.10 Å². The second-order valence-corrected chi connectivity index (χ2v) is 8.53. The topological polar surface area (TPSA) is 87.4 Å². The lowest BCUT2D eigenvalue weighted by molar-refractivity contribution is -0.132. The number of hydrogen-bond donors (Lipinski definition) is 1. The summed E-state index contributed by atoms with van der Waals surface area (Å²) in [5.41, 5.74) is 2.43. The second-order valence-electron chi connectivity index (χ2n) is 8.10. The van der Waals surface area contributed by atoms with Crippen LogP contribution in [0.15, 0.2) is 76.4 Å². The van der Waals surface area contributed by atoms with Crippen LogP contribution < -0.4 is 15.0 Å². The summed E-state index contributed by atoms with van der Waals surface area (Å²) in [5.74, 6) is 0.763. The monoisotopic (exact) mass is 478 g/mol. The van der Waals surface area contributed by atoms with Crippen molar-refractivity contribution in [2.45, 2.75) is 18.6 Å². The highest BCUT2D eigenvalue weighted by Gasteiger charge is 2.37. The van der Waals surface area contributed by atoms with Crippen LogP contribution in [-0.4, -0.2) is 48.8 Å². The van der Waals surface area contributed by atoms with Crippen LogP contribution in [0, 0.1) is 0 Å². The summed E-state index contributed by atoms with van der Waals surface area (Å²) in [6.07, 6.45) is 1.38. The summed E-state index contributed by atoms with van der Waals surface area (Å²) in [5, 5.41) is 9.41. The van der Waals surface area contributed by atoms with Crippen LogP contribution in [0.25, 0.3) is 0 Å². The molecule has 0 fully saturated rings. The summed E-state index contributed by atoms with van der Waals surface area (Å²) < 4.78 is 11.5. The van der Waals surface area contributed by atoms with Gasteiger partial charge >= 0.3 is 0 Å². The van der Waals surface area contributed by atoms with Gasteiger partial charge in [-0.05, 0) is 42.0 Å². The van der Waals surface area contributed by atoms with E-state index in [0.717, 1.165) is 17.0 Å². The molecule has 1 N–H and O–H groups in total. The Morgan fingerprint density at radius 2 is 1.91 bits per heavy atom. The molecular formula is C25H23ClN4O4. The highest BCUT2D eigenvalue weighted by molar-refractivity contribution is 6.30. The fourth-order valence-corrected chi connectivity index (χ4v) is 4.38. The Labute approximate surface area is 201 Å². The Kier molecular flexibility index (Phi) is 5.98. The molecule has 3 heterocycles. The van der Waals surface area contributed by atoms with Crippen LogP contribution >= 0.6 is 11.6 Å². The van der Waals surface area contributed by atoms with Crippen molar-refractivity contribution in [2.75, 3.05) is 25.0 Å². The van der Waals surface area contributed by atoms with Crippen molar-refractivity contribution in [3.63, 3.8) is 0 Å². The minimum atomic E-state index is -0.722. The first-order valence-corrected chi connectivity index (χ1v) is 11.3. The quantitative estimate of drug-likeness (QED) is 0.605. The third kappa shape index (κ3) is 4.24. The number of hydrazone groups is 1. The van der Waals surface area contributed by atoms with Gasteiger partial charge in [0.05, 0.1) is 30.8 Å². The number of ether oxygens (including phenoxy) is 1. The number of anilines is 1. The maximum Gasteiger partial charge on any atom is 0.262 e. The Hall–Kier alpha value is -3.78. The lowest BCUT2D eigenvalue weighted by Crippen LogP contribution is -2.50. The van der Waals surface area contributed by atoms with E-state index in [1.54, 1.807) is 37.6 Å². The largest absolute Gasteiger partial charge is 0.477 e. The Balaban J connectivity index is 1.43. The first-order chi connectivity index (χ1) is 16.5. The molecule has 34 heavy (non-hydrogen) atoms. The van der Waals surface area contributed by atoms with Crippen molar-refractivity contribution in [3.8, 4) is 5.75 Å². The van der Waals surface area contributed by atoms with Crippen LogP contribution in [0.2, 0.25) is 5.02 Å². The molecular weight excluding hydrogens is 456 g/mol. The molecule has 174 valence electrons. The molecule has 0 spiro atoms. The zero-order valence-corrected chi connectivity index (χ0v) is 19.2. The molecule has 0 saturated carbocycles. The van der Waals surface area contributed by atoms with E-state index < -0.39 is 6.10 Å². The van der Waals surface area contributed by atoms with E-state index in [1.165, 1.54) is 5.01 Å². The van der Waals surface area contributed by atoms with Gasteiger partial charge in [-0.1, -0.05) is 35.9 Å². The standard InChI is InChI=1S/C25H23ClN4O4/c1-27-25(32)23-14-29(19-5-2-3-6-22(19)34-23)15-24(31)30-20(21-7-4-12-33-21)13-18(28-30)16-8-10-17(26)11-9-16/h2-12,20,23H,13-15H2,1H3,(H,27,32)/t20-,23-/m1/s1. The molecule has 1 aromatic heterocycles. The summed E-state index contributed by atoms with van der Waals surface area (Å²) in [6.45, 7) is 0.276. The molecule has 5 rings (SSSR count). The zero-order chi connectivity index (χ0) is 23.7. The summed E-state index contributed by atoms with van der Waals surface area (Å²) in [4.78, 5) is 27.7. The molecule has 2 aliphatic heterocycles. The van der Waals surface area contributed by atoms with Crippen molar-refractivity contribution in [3.05, 3.63) is 83.3 Å². The average molecular weight is 479 g/mol. The number of amides is 2. The summed E-state index contributed by atoms with van der Waals surface area (Å²) in [7, 11) is 1.56. The highest BCUT2D eigenvalue weighted by atomic mass is 35.5. The van der Waals surface area contributed by atoms with Gasteiger partial charge in [-0.15, -0.1) is 0 Å². The van der Waals surface area contributed by atoms with Crippen LogP contribution in [0.1, 0.15) is 23.8 Å². The van der Waals surface area contributed by atoms with Crippen molar-refractivity contribution in [1.82, 2.24) is 10.3 Å². The van der Waals surface area contributed by atoms with Gasteiger partial charge in [-0.2, -0.15) is 5.10 Å². The van der Waals surface area contributed by atoms with Gasteiger partial charge in [0, 0.05) is 18.5 Å². The van der Waals surface area contributed by atoms with Crippen LogP contribution in [0.5, 0.6) is 5.75 Å². The summed E-state index contributed by atoms with van der Waals surface area (Å²) in [6, 6.07) is 18.0. The molecule has 0 radical (unpaired) electrons. The van der Waals surface area contributed by atoms with Gasteiger partial charge in [-0.25, -0.2) is 5.01 Å². The van der Waals surface area contributed by atoms with Gasteiger partial charge in [-0.3, -0.25) is 9.59 Å². The molecule has 9 heteroatoms. The number of carbonyl (C=O) groups is 2. The molecule has 2 amide bonds. The highest BCUT2D eigenvalue weighted by Crippen LogP contribution is 2.36. The smallest absolute Gasteiger partial charge is 0.262 e. The number of nitrogens with one attached hydrogen (secondary N) is 1. The SMILES string of the molecule is CNC(=O)[C@H]1CN(CC(=O)N2N=C(c3ccc(Cl)cc3)C[C@@H]2c2ccco2)c2ccccc2O1. The number of fused-ring (bicyclic) bond motifs is 1. The fraction of sp³-hybridized carbons (Fsp3) is 0.240. The third-order valence-corrected chi connectivity index (χ3v) is 6.19. The molecule has 2 aliphatic rings. The Morgan fingerprint density at radius 1 is 1.12 bits per heavy atom. The molecule has 8 nitrogen and oxygen atoms in total. The number of benzene rings is 2. The van der Waals surface area contributed by atoms with Gasteiger partial charge in [0.25, 0.3) is 11.8 Å². The molecule has 2 aromatic carbocycles. The predicted octanol–water partition coefficient (Wildman–Crippen LogP) is 3.62. The first-order valence-electron chi connectivity index (χ1n) is 10.9. The number of rotatable bonds is 5. The number of carbonyl (C=O) groups excluding carboxylic acids is 2. The maximum atomic E-state index is 13.6. The predicted molar refractivity (Wildman–Crippen MR) is 128 cm³/mol. The van der Waals surface area contributed by atoms with E-state index in [4.69, 9.17) is 20.8 Å². The lowest BCUT2D eigenvalue weighted by Gasteiger charge is -2.35. The molecule has 0 saturated heterocycles. The van der Waals surface area contributed by atoms with Gasteiger partial charge < -0.3 is 19.4 Å². The zero-order valence-electron chi connectivity index (χ0n) is 18.5. The van der Waals surface area contributed by atoms with Crippen molar-refractivity contribution in [1.29, 1.82) is 0 Å². The van der Waals surface area contributed by atoms with Gasteiger partial charge in [0.2, 0.25) is 0 Å². The Morgan fingerprint density at radius 3 is 2.65 bits per heavy atom. The van der Waals surface area contributed by atoms with Crippen molar-refractivity contribution >= 4 is 34.8 Å². The average Bonchev–Trinajstić information content (AvgIpc) is 3.54. The van der Waals surface area contributed by atoms with E-state index in [0.29, 0.717) is 23.0 Å². The van der Waals surface area contributed by atoms with Crippen LogP contribution in [-0.2, 0) is 9.59 Å². The normalized spacial score (nSPS) is 19.3. The van der Waals surface area contributed by atoms with E-state index >= 15 is 0 Å². The number of nitrogens with zero attached hydrogens (tertiary/aromatic N) is 3. The van der Waals surface area contributed by atoms with E-state index in [-0.39, 0.29) is 30.9 Å². The van der Waals surface area contributed by atoms with Crippen molar-refractivity contribution in [2.24, 2.45) is 5.10 Å². The maximum absolute atomic E-state index is 13.6. The van der Waals surface area contributed by atoms with E-state index in [9.17, 15) is 9.59 Å². The number of furan rings is 1. The van der Waals surface area contributed by atoms with E-state index in [1.807, 2.05) is 41.3 Å². The number of hydrogen-bond acceptors (Lipinski definition) is 6. The lowest BCUT2D eigenvalue weighted by atomic mass is 10.0. The third-order valence-electron chi connectivity index (χ3n) is 5.94. The van der Waals surface area contributed by atoms with Crippen LogP contribution in [0.4, 0.5) is 5.69 Å². The molecule has 2 atom stereocenters. The fourth-order valence-electron chi connectivity index (χ4n) is 4.25. The molecule has 0 unspecified atom stereocenters. The van der Waals surface area contributed by atoms with Crippen LogP contribution in [0.3, 0.4) is 0 Å². The van der Waals surface area contributed by atoms with Gasteiger partial charge in [0.1, 0.15) is 17.6 Å². The minimum Gasteiger partial charge on any atom is -0.477 e. The number of likely N-dealkylation sites (N-methyl/N-ethyl adjacent to an activating group) is 1.